The molecule has 0 saturated carbocycles. The number of nitrogens with zero attached hydrogens (tertiary/aromatic N) is 3. The largest absolute Gasteiger partial charge is 0.305 e. The van der Waals surface area contributed by atoms with Gasteiger partial charge in [-0.2, -0.15) is 0 Å². The Bertz CT molecular complexity index is 663. The molecule has 0 N–H and O–H groups in total. The highest BCUT2D eigenvalue weighted by Gasteiger charge is 2.12. The van der Waals surface area contributed by atoms with Crippen molar-refractivity contribution in [2.24, 2.45) is 0 Å². The van der Waals surface area contributed by atoms with Crippen molar-refractivity contribution in [3.8, 4) is 0 Å². The molecule has 140 valence electrons. The number of hydrogen-bond donors (Lipinski definition) is 0. The minimum absolute atomic E-state index is 0.989. The molecule has 0 atom stereocenters. The molecule has 26 heavy (non-hydrogen) atoms. The molecule has 1 heterocycles. The molecular weight excluding hydrogens is 318 g/mol. The second-order valence-electron chi connectivity index (χ2n) is 7.91. The van der Waals surface area contributed by atoms with Crippen LogP contribution in [-0.4, -0.2) is 55.0 Å². The van der Waals surface area contributed by atoms with Crippen molar-refractivity contribution in [1.29, 1.82) is 0 Å². The van der Waals surface area contributed by atoms with Gasteiger partial charge in [-0.05, 0) is 57.2 Å². The molecule has 0 aliphatic carbocycles. The number of likely N-dealkylation sites (N-methyl/N-ethyl adjacent to an activating group) is 1. The molecule has 3 rings (SSSR count). The summed E-state index contributed by atoms with van der Waals surface area (Å²) in [6.45, 7) is 9.99. The molecule has 2 aromatic carbocycles. The summed E-state index contributed by atoms with van der Waals surface area (Å²) < 4.78 is 0. The predicted molar refractivity (Wildman–Crippen MR) is 110 cm³/mol. The van der Waals surface area contributed by atoms with Gasteiger partial charge in [0.05, 0.1) is 0 Å². The molecule has 0 amide bonds. The molecule has 1 saturated heterocycles. The van der Waals surface area contributed by atoms with Crippen molar-refractivity contribution in [2.45, 2.75) is 33.0 Å². The zero-order chi connectivity index (χ0) is 18.4. The van der Waals surface area contributed by atoms with Crippen LogP contribution in [-0.2, 0) is 19.6 Å². The van der Waals surface area contributed by atoms with Crippen LogP contribution in [0.3, 0.4) is 0 Å². The quantitative estimate of drug-likeness (QED) is 0.784. The highest BCUT2D eigenvalue weighted by molar-refractivity contribution is 5.24. The number of hydrogen-bond acceptors (Lipinski definition) is 3. The van der Waals surface area contributed by atoms with Crippen molar-refractivity contribution < 1.29 is 0 Å². The highest BCUT2D eigenvalue weighted by atomic mass is 15.2. The lowest BCUT2D eigenvalue weighted by Gasteiger charge is -2.21. The molecule has 1 aliphatic rings. The van der Waals surface area contributed by atoms with Crippen LogP contribution < -0.4 is 0 Å². The van der Waals surface area contributed by atoms with Gasteiger partial charge in [0.15, 0.2) is 0 Å². The highest BCUT2D eigenvalue weighted by Crippen LogP contribution is 2.13. The van der Waals surface area contributed by atoms with Gasteiger partial charge in [-0.25, -0.2) is 0 Å². The van der Waals surface area contributed by atoms with E-state index >= 15 is 0 Å². The molecule has 0 aromatic heterocycles. The van der Waals surface area contributed by atoms with Gasteiger partial charge >= 0.3 is 0 Å². The third-order valence-electron chi connectivity index (χ3n) is 5.27. The lowest BCUT2D eigenvalue weighted by molar-refractivity contribution is 0.269. The van der Waals surface area contributed by atoms with Crippen molar-refractivity contribution in [1.82, 2.24) is 14.7 Å². The van der Waals surface area contributed by atoms with Crippen LogP contribution >= 0.6 is 0 Å². The Morgan fingerprint density at radius 1 is 0.769 bits per heavy atom. The van der Waals surface area contributed by atoms with E-state index in [9.17, 15) is 0 Å². The summed E-state index contributed by atoms with van der Waals surface area (Å²) in [5.74, 6) is 0. The van der Waals surface area contributed by atoms with Crippen molar-refractivity contribution in [2.75, 3.05) is 40.3 Å². The van der Waals surface area contributed by atoms with E-state index in [4.69, 9.17) is 0 Å². The van der Waals surface area contributed by atoms with E-state index in [2.05, 4.69) is 84.2 Å². The summed E-state index contributed by atoms with van der Waals surface area (Å²) in [4.78, 5) is 7.40. The summed E-state index contributed by atoms with van der Waals surface area (Å²) in [6, 6.07) is 18.1. The lowest BCUT2D eigenvalue weighted by Crippen LogP contribution is -2.28. The maximum Gasteiger partial charge on any atom is 0.0234 e. The third-order valence-corrected chi connectivity index (χ3v) is 5.27. The van der Waals surface area contributed by atoms with E-state index in [0.29, 0.717) is 0 Å². The Labute approximate surface area is 159 Å². The Kier molecular flexibility index (Phi) is 6.84. The second kappa shape index (κ2) is 9.31. The fraction of sp³-hybridized carbons (Fsp3) is 0.478. The minimum Gasteiger partial charge on any atom is -0.305 e. The molecule has 0 radical (unpaired) electrons. The van der Waals surface area contributed by atoms with Crippen LogP contribution in [0.25, 0.3) is 0 Å². The normalized spacial score (nSPS) is 16.8. The summed E-state index contributed by atoms with van der Waals surface area (Å²) >= 11 is 0. The first kappa shape index (κ1) is 19.1. The van der Waals surface area contributed by atoms with Gasteiger partial charge in [0.25, 0.3) is 0 Å². The van der Waals surface area contributed by atoms with Gasteiger partial charge in [0.2, 0.25) is 0 Å². The average molecular weight is 352 g/mol. The third kappa shape index (κ3) is 5.94. The van der Waals surface area contributed by atoms with Crippen molar-refractivity contribution in [3.05, 3.63) is 70.8 Å². The maximum absolute atomic E-state index is 2.59. The van der Waals surface area contributed by atoms with E-state index in [1.54, 1.807) is 0 Å². The van der Waals surface area contributed by atoms with Crippen molar-refractivity contribution >= 4 is 0 Å². The number of aryl methyl sites for hydroxylation is 1. The average Bonchev–Trinajstić information content (AvgIpc) is 2.83. The first-order valence-corrected chi connectivity index (χ1v) is 9.81. The summed E-state index contributed by atoms with van der Waals surface area (Å²) in [7, 11) is 4.42. The van der Waals surface area contributed by atoms with E-state index in [1.165, 1.54) is 54.9 Å². The van der Waals surface area contributed by atoms with Gasteiger partial charge in [0.1, 0.15) is 0 Å². The van der Waals surface area contributed by atoms with E-state index in [0.717, 1.165) is 19.6 Å². The number of benzene rings is 2. The number of rotatable bonds is 6. The SMILES string of the molecule is Cc1ccc(CN(C)Cc2ccc(CN3CCCN(C)CC3)cc2)cc1. The molecular formula is C23H33N3. The zero-order valence-corrected chi connectivity index (χ0v) is 16.6. The van der Waals surface area contributed by atoms with Crippen LogP contribution in [0.1, 0.15) is 28.7 Å². The van der Waals surface area contributed by atoms with Crippen LogP contribution in [0.4, 0.5) is 0 Å². The van der Waals surface area contributed by atoms with Crippen LogP contribution in [0.2, 0.25) is 0 Å². The zero-order valence-electron chi connectivity index (χ0n) is 16.6. The molecule has 3 nitrogen and oxygen atoms in total. The topological polar surface area (TPSA) is 9.72 Å². The minimum atomic E-state index is 0.989. The van der Waals surface area contributed by atoms with Gasteiger partial charge in [0, 0.05) is 32.7 Å². The fourth-order valence-electron chi connectivity index (χ4n) is 3.64. The second-order valence-corrected chi connectivity index (χ2v) is 7.91. The summed E-state index contributed by atoms with van der Waals surface area (Å²) in [6.07, 6.45) is 1.28. The summed E-state index contributed by atoms with van der Waals surface area (Å²) in [5.41, 5.74) is 5.52. The molecule has 3 heteroatoms. The molecule has 0 unspecified atom stereocenters. The standard InChI is InChI=1S/C23H33N3/c1-20-5-7-21(8-6-20)17-25(3)18-22-9-11-23(12-10-22)19-26-14-4-13-24(2)15-16-26/h5-12H,4,13-19H2,1-3H3. The monoisotopic (exact) mass is 351 g/mol. The smallest absolute Gasteiger partial charge is 0.0234 e. The first-order valence-electron chi connectivity index (χ1n) is 9.81. The van der Waals surface area contributed by atoms with Gasteiger partial charge in [-0.1, -0.05) is 54.1 Å². The Morgan fingerprint density at radius 2 is 1.35 bits per heavy atom. The molecule has 1 aliphatic heterocycles. The maximum atomic E-state index is 2.59. The Balaban J connectivity index is 1.49. The molecule has 2 aromatic rings. The Morgan fingerprint density at radius 3 is 2.00 bits per heavy atom. The fourth-order valence-corrected chi connectivity index (χ4v) is 3.64. The Hall–Kier alpha value is -1.68. The van der Waals surface area contributed by atoms with Crippen LogP contribution in [0.5, 0.6) is 0 Å². The van der Waals surface area contributed by atoms with E-state index < -0.39 is 0 Å². The van der Waals surface area contributed by atoms with Gasteiger partial charge < -0.3 is 4.90 Å². The molecule has 0 bridgehead atoms. The summed E-state index contributed by atoms with van der Waals surface area (Å²) in [5, 5.41) is 0. The van der Waals surface area contributed by atoms with Crippen LogP contribution in [0.15, 0.2) is 48.5 Å². The first-order chi connectivity index (χ1) is 12.6. The molecule has 0 spiro atoms. The van der Waals surface area contributed by atoms with Gasteiger partial charge in [-0.15, -0.1) is 0 Å². The van der Waals surface area contributed by atoms with E-state index in [-0.39, 0.29) is 0 Å². The predicted octanol–water partition coefficient (Wildman–Crippen LogP) is 3.76. The van der Waals surface area contributed by atoms with Crippen LogP contribution in [0, 0.1) is 6.92 Å². The molecule has 1 fully saturated rings. The van der Waals surface area contributed by atoms with E-state index in [1.807, 2.05) is 0 Å². The van der Waals surface area contributed by atoms with Gasteiger partial charge in [-0.3, -0.25) is 9.80 Å². The van der Waals surface area contributed by atoms with Crippen molar-refractivity contribution in [3.63, 3.8) is 0 Å². The lowest BCUT2D eigenvalue weighted by atomic mass is 10.1.